The minimum absolute atomic E-state index is 0.0214. The highest BCUT2D eigenvalue weighted by Gasteiger charge is 2.51. The summed E-state index contributed by atoms with van der Waals surface area (Å²) in [6, 6.07) is 86.2. The minimum Gasteiger partial charge on any atom is -0.310 e. The van der Waals surface area contributed by atoms with Gasteiger partial charge in [0.15, 0.2) is 0 Å². The van der Waals surface area contributed by atoms with Gasteiger partial charge in [0.05, 0.1) is 27.8 Å². The van der Waals surface area contributed by atoms with E-state index in [1.807, 2.05) is 0 Å². The maximum absolute atomic E-state index is 2.59. The topological polar surface area (TPSA) is 8.17 Å². The Morgan fingerprint density at radius 2 is 0.864 bits per heavy atom. The third-order valence-corrected chi connectivity index (χ3v) is 15.2. The van der Waals surface area contributed by atoms with Gasteiger partial charge < -0.3 is 9.47 Å². The third kappa shape index (κ3) is 4.85. The fourth-order valence-corrected chi connectivity index (χ4v) is 12.4. The fraction of sp³-hybridized carbons (Fsp3) is 0.0625. The molecule has 0 fully saturated rings. The highest BCUT2D eigenvalue weighted by Crippen LogP contribution is 2.62. The van der Waals surface area contributed by atoms with Crippen molar-refractivity contribution in [3.05, 3.63) is 264 Å². The SMILES string of the molecule is CC1(C)c2ccccc2-c2cc(-c3ccc(N(c4ccccc4)c4ccccc4-c4cccc5c4-n4c6ccccc6c6cccc(c64)C54c5ccccc5-c5ccccc54)cc3)ccc21. The molecule has 1 aliphatic heterocycles. The maximum atomic E-state index is 2.59. The van der Waals surface area contributed by atoms with Gasteiger partial charge in [-0.05, 0) is 109 Å². The summed E-state index contributed by atoms with van der Waals surface area (Å²) in [6.07, 6.45) is 0. The first-order valence-corrected chi connectivity index (χ1v) is 23.2. The number of aromatic nitrogens is 1. The molecule has 2 nitrogen and oxygen atoms in total. The lowest BCUT2D eigenvalue weighted by atomic mass is 9.65. The van der Waals surface area contributed by atoms with Crippen molar-refractivity contribution in [2.24, 2.45) is 0 Å². The van der Waals surface area contributed by atoms with E-state index in [1.54, 1.807) is 0 Å². The minimum atomic E-state index is -0.526. The van der Waals surface area contributed by atoms with E-state index in [1.165, 1.54) is 105 Å². The van der Waals surface area contributed by atoms with E-state index in [0.717, 1.165) is 17.1 Å². The van der Waals surface area contributed by atoms with E-state index < -0.39 is 5.41 Å². The molecule has 3 aliphatic rings. The predicted molar refractivity (Wildman–Crippen MR) is 275 cm³/mol. The number of para-hydroxylation sites is 5. The van der Waals surface area contributed by atoms with Crippen LogP contribution in [0.25, 0.3) is 72.0 Å². The lowest BCUT2D eigenvalue weighted by Crippen LogP contribution is -2.33. The predicted octanol–water partition coefficient (Wildman–Crippen LogP) is 16.6. The van der Waals surface area contributed by atoms with Crippen LogP contribution in [0.2, 0.25) is 0 Å². The van der Waals surface area contributed by atoms with E-state index >= 15 is 0 Å². The van der Waals surface area contributed by atoms with Crippen LogP contribution in [0.3, 0.4) is 0 Å². The van der Waals surface area contributed by atoms with Gasteiger partial charge in [0.2, 0.25) is 0 Å². The number of rotatable bonds is 5. The number of nitrogens with zero attached hydrogens (tertiary/aromatic N) is 2. The Kier molecular flexibility index (Phi) is 7.70. The molecule has 1 spiro atoms. The van der Waals surface area contributed by atoms with Crippen molar-refractivity contribution < 1.29 is 0 Å². The molecule has 0 saturated heterocycles. The average Bonchev–Trinajstić information content (AvgIpc) is 3.95. The monoisotopic (exact) mass is 840 g/mol. The molecule has 0 amide bonds. The molecule has 0 saturated carbocycles. The first-order valence-electron chi connectivity index (χ1n) is 23.2. The Bertz CT molecular complexity index is 3750. The zero-order valence-corrected chi connectivity index (χ0v) is 36.8. The second-order valence-corrected chi connectivity index (χ2v) is 18.8. The van der Waals surface area contributed by atoms with Crippen molar-refractivity contribution in [2.75, 3.05) is 4.90 Å². The summed E-state index contributed by atoms with van der Waals surface area (Å²) in [7, 11) is 0. The molecular weight excluding hydrogens is 797 g/mol. The van der Waals surface area contributed by atoms with Crippen molar-refractivity contribution in [1.82, 2.24) is 4.57 Å². The first-order chi connectivity index (χ1) is 32.5. The van der Waals surface area contributed by atoms with Gasteiger partial charge >= 0.3 is 0 Å². The summed E-state index contributed by atoms with van der Waals surface area (Å²) >= 11 is 0. The second kappa shape index (κ2) is 13.7. The van der Waals surface area contributed by atoms with Crippen molar-refractivity contribution >= 4 is 38.9 Å². The van der Waals surface area contributed by atoms with Gasteiger partial charge in [0, 0.05) is 38.7 Å². The summed E-state index contributed by atoms with van der Waals surface area (Å²) in [4.78, 5) is 2.44. The van der Waals surface area contributed by atoms with Crippen LogP contribution in [0.5, 0.6) is 0 Å². The van der Waals surface area contributed by atoms with Crippen LogP contribution in [-0.2, 0) is 10.8 Å². The molecule has 0 atom stereocenters. The lowest BCUT2D eigenvalue weighted by Gasteiger charge is -2.40. The van der Waals surface area contributed by atoms with Crippen molar-refractivity contribution in [2.45, 2.75) is 24.7 Å². The molecule has 0 radical (unpaired) electrons. The molecule has 10 aromatic carbocycles. The van der Waals surface area contributed by atoms with Gasteiger partial charge in [-0.1, -0.05) is 202 Å². The zero-order valence-electron chi connectivity index (χ0n) is 36.8. The smallest absolute Gasteiger partial charge is 0.0754 e. The van der Waals surface area contributed by atoms with Gasteiger partial charge in [-0.2, -0.15) is 0 Å². The Hall–Kier alpha value is -8.20. The fourth-order valence-electron chi connectivity index (χ4n) is 12.4. The van der Waals surface area contributed by atoms with Gasteiger partial charge in [-0.15, -0.1) is 0 Å². The zero-order chi connectivity index (χ0) is 43.7. The molecular formula is C64H44N2. The molecule has 14 rings (SSSR count). The summed E-state index contributed by atoms with van der Waals surface area (Å²) in [5.74, 6) is 0. The Labute approximate surface area is 385 Å². The van der Waals surface area contributed by atoms with Crippen molar-refractivity contribution in [3.8, 4) is 50.2 Å². The van der Waals surface area contributed by atoms with E-state index in [-0.39, 0.29) is 5.41 Å². The molecule has 0 unspecified atom stereocenters. The maximum Gasteiger partial charge on any atom is 0.0754 e. The van der Waals surface area contributed by atoms with Crippen molar-refractivity contribution in [1.29, 1.82) is 0 Å². The highest BCUT2D eigenvalue weighted by molar-refractivity contribution is 6.14. The van der Waals surface area contributed by atoms with Gasteiger partial charge in [0.25, 0.3) is 0 Å². The number of hydrogen-bond donors (Lipinski definition) is 0. The van der Waals surface area contributed by atoms with Gasteiger partial charge in [-0.3, -0.25) is 0 Å². The second-order valence-electron chi connectivity index (χ2n) is 18.8. The van der Waals surface area contributed by atoms with Gasteiger partial charge in [0.1, 0.15) is 0 Å². The van der Waals surface area contributed by atoms with Gasteiger partial charge in [-0.25, -0.2) is 0 Å². The van der Waals surface area contributed by atoms with Crippen molar-refractivity contribution in [3.63, 3.8) is 0 Å². The number of anilines is 3. The number of fused-ring (bicyclic) bond motifs is 15. The van der Waals surface area contributed by atoms with E-state index in [0.29, 0.717) is 0 Å². The van der Waals surface area contributed by atoms with Crippen LogP contribution in [-0.4, -0.2) is 4.57 Å². The molecule has 1 aromatic heterocycles. The first kappa shape index (κ1) is 37.2. The molecule has 2 heterocycles. The summed E-state index contributed by atoms with van der Waals surface area (Å²) in [5.41, 5.74) is 24.7. The Morgan fingerprint density at radius 3 is 1.62 bits per heavy atom. The highest BCUT2D eigenvalue weighted by atomic mass is 15.1. The van der Waals surface area contributed by atoms with Crippen LogP contribution in [0.15, 0.2) is 231 Å². The molecule has 310 valence electrons. The lowest BCUT2D eigenvalue weighted by molar-refractivity contribution is 0.660. The van der Waals surface area contributed by atoms with E-state index in [9.17, 15) is 0 Å². The average molecular weight is 841 g/mol. The quantitative estimate of drug-likeness (QED) is 0.168. The van der Waals surface area contributed by atoms with E-state index in [2.05, 4.69) is 254 Å². The normalized spacial score (nSPS) is 14.2. The molecule has 2 aliphatic carbocycles. The molecule has 0 N–H and O–H groups in total. The molecule has 66 heavy (non-hydrogen) atoms. The summed E-state index contributed by atoms with van der Waals surface area (Å²) in [6.45, 7) is 4.69. The number of hydrogen-bond acceptors (Lipinski definition) is 1. The summed E-state index contributed by atoms with van der Waals surface area (Å²) in [5, 5.41) is 2.54. The molecule has 0 bridgehead atoms. The molecule has 2 heteroatoms. The van der Waals surface area contributed by atoms with Crippen LogP contribution in [0, 0.1) is 0 Å². The van der Waals surface area contributed by atoms with Crippen LogP contribution >= 0.6 is 0 Å². The Balaban J connectivity index is 0.995. The molecule has 11 aromatic rings. The Morgan fingerprint density at radius 1 is 0.348 bits per heavy atom. The van der Waals surface area contributed by atoms with E-state index in [4.69, 9.17) is 0 Å². The van der Waals surface area contributed by atoms with Crippen LogP contribution in [0.4, 0.5) is 17.1 Å². The largest absolute Gasteiger partial charge is 0.310 e. The van der Waals surface area contributed by atoms with Crippen LogP contribution in [0.1, 0.15) is 47.2 Å². The van der Waals surface area contributed by atoms with Crippen LogP contribution < -0.4 is 4.90 Å². The summed E-state index contributed by atoms with van der Waals surface area (Å²) < 4.78 is 2.59. The standard InChI is InChI=1S/C64H44N2/c1-63(2)53-27-11-6-22-47(53)52-40-42(36-39-54(52)63)41-34-37-44(38-35-41)65(43-18-4-3-5-19-43)59-32-14-9-23-48(59)50-25-16-30-57-61(50)66-60-33-15-10-24-49(60)51-26-17-31-58(62(51)66)64(57)55-28-12-7-20-45(55)46-21-8-13-29-56(46)64/h3-40H,1-2H3. The number of benzene rings is 10. The third-order valence-electron chi connectivity index (χ3n) is 15.2.